The molecule has 0 aliphatic carbocycles. The molecule has 8 heteroatoms. The lowest BCUT2D eigenvalue weighted by molar-refractivity contribution is -0.138. The van der Waals surface area contributed by atoms with Crippen LogP contribution in [-0.4, -0.2) is 59.2 Å². The molecule has 0 spiro atoms. The quantitative estimate of drug-likeness (QED) is 0.361. The first-order chi connectivity index (χ1) is 11.6. The minimum atomic E-state index is -0.870. The highest BCUT2D eigenvalue weighted by atomic mass is 32.2. The maximum absolute atomic E-state index is 11.8. The summed E-state index contributed by atoms with van der Waals surface area (Å²) in [4.78, 5) is 33.4. The van der Waals surface area contributed by atoms with Gasteiger partial charge in [0.05, 0.1) is 25.1 Å². The van der Waals surface area contributed by atoms with Crippen molar-refractivity contribution in [2.75, 3.05) is 19.0 Å². The molecule has 24 heavy (non-hydrogen) atoms. The average Bonchev–Trinajstić information content (AvgIpc) is 3.06. The molecule has 3 atom stereocenters. The summed E-state index contributed by atoms with van der Waals surface area (Å²) in [6, 6.07) is 0.437. The van der Waals surface area contributed by atoms with Gasteiger partial charge >= 0.3 is 12.0 Å². The van der Waals surface area contributed by atoms with Gasteiger partial charge in [0, 0.05) is 30.5 Å². The van der Waals surface area contributed by atoms with Gasteiger partial charge in [0.15, 0.2) is 0 Å². The Balaban J connectivity index is 1.45. The van der Waals surface area contributed by atoms with E-state index in [0.717, 1.165) is 25.0 Å². The normalized spacial score (nSPS) is 25.2. The molecule has 0 aromatic heterocycles. The summed E-state index contributed by atoms with van der Waals surface area (Å²) in [5.74, 6) is 0.338. The van der Waals surface area contributed by atoms with Crippen molar-refractivity contribution in [3.8, 4) is 0 Å². The Morgan fingerprint density at radius 1 is 1.12 bits per heavy atom. The second kappa shape index (κ2) is 9.88. The topological polar surface area (TPSA) is 105 Å². The maximum Gasteiger partial charge on any atom is 0.315 e. The standard InChI is InChI=1S/C16H26N2O5S/c19-11(5-3-8-23-9-7-14(20)21)4-1-2-6-13-15-12(10-24-13)17-16(22)18-15/h12-13,15H,1-10H2,(H,20,21)(H2,17,18,22)/t12-,13-,15-/m0/s1. The molecule has 0 radical (unpaired) electrons. The number of carboxylic acid groups (broad SMARTS) is 1. The fraction of sp³-hybridized carbons (Fsp3) is 0.812. The largest absolute Gasteiger partial charge is 0.481 e. The lowest BCUT2D eigenvalue weighted by atomic mass is 10.0. The van der Waals surface area contributed by atoms with Crippen LogP contribution in [0.3, 0.4) is 0 Å². The highest BCUT2D eigenvalue weighted by Gasteiger charge is 2.42. The van der Waals surface area contributed by atoms with E-state index < -0.39 is 5.97 Å². The first kappa shape index (κ1) is 19.1. The molecule has 2 heterocycles. The Hall–Kier alpha value is -1.28. The van der Waals surface area contributed by atoms with Gasteiger partial charge in [0.1, 0.15) is 5.78 Å². The zero-order valence-corrected chi connectivity index (χ0v) is 14.6. The van der Waals surface area contributed by atoms with Crippen molar-refractivity contribution in [1.82, 2.24) is 10.6 Å². The van der Waals surface area contributed by atoms with E-state index in [1.165, 1.54) is 0 Å². The van der Waals surface area contributed by atoms with Gasteiger partial charge < -0.3 is 20.5 Å². The van der Waals surface area contributed by atoms with Gasteiger partial charge in [0.2, 0.25) is 0 Å². The van der Waals surface area contributed by atoms with Crippen molar-refractivity contribution in [2.24, 2.45) is 0 Å². The van der Waals surface area contributed by atoms with Crippen LogP contribution in [0, 0.1) is 0 Å². The zero-order chi connectivity index (χ0) is 17.4. The Morgan fingerprint density at radius 2 is 1.92 bits per heavy atom. The van der Waals surface area contributed by atoms with E-state index in [1.54, 1.807) is 0 Å². The van der Waals surface area contributed by atoms with Crippen LogP contribution in [0.15, 0.2) is 0 Å². The second-order valence-electron chi connectivity index (χ2n) is 6.27. The maximum atomic E-state index is 11.8. The molecule has 0 saturated carbocycles. The van der Waals surface area contributed by atoms with E-state index in [2.05, 4.69) is 10.6 Å². The molecule has 0 bridgehead atoms. The summed E-state index contributed by atoms with van der Waals surface area (Å²) in [7, 11) is 0. The first-order valence-electron chi connectivity index (χ1n) is 8.56. The van der Waals surface area contributed by atoms with Crippen molar-refractivity contribution in [1.29, 1.82) is 0 Å². The molecule has 136 valence electrons. The van der Waals surface area contributed by atoms with Gasteiger partial charge in [-0.1, -0.05) is 6.42 Å². The number of carboxylic acids is 1. The van der Waals surface area contributed by atoms with E-state index in [4.69, 9.17) is 9.84 Å². The van der Waals surface area contributed by atoms with E-state index in [-0.39, 0.29) is 36.9 Å². The van der Waals surface area contributed by atoms with Crippen LogP contribution in [0.25, 0.3) is 0 Å². The lowest BCUT2D eigenvalue weighted by Crippen LogP contribution is -2.36. The number of amides is 2. The smallest absolute Gasteiger partial charge is 0.315 e. The van der Waals surface area contributed by atoms with Crippen molar-refractivity contribution in [3.63, 3.8) is 0 Å². The van der Waals surface area contributed by atoms with Crippen LogP contribution < -0.4 is 10.6 Å². The number of unbranched alkanes of at least 4 members (excludes halogenated alkanes) is 1. The molecule has 2 rings (SSSR count). The van der Waals surface area contributed by atoms with Crippen molar-refractivity contribution < 1.29 is 24.2 Å². The Morgan fingerprint density at radius 3 is 2.71 bits per heavy atom. The number of thioether (sulfide) groups is 1. The Labute approximate surface area is 146 Å². The number of ether oxygens (including phenoxy) is 1. The number of rotatable bonds is 12. The van der Waals surface area contributed by atoms with E-state index >= 15 is 0 Å². The molecule has 2 aliphatic heterocycles. The molecule has 2 aliphatic rings. The minimum absolute atomic E-state index is 0.00491. The van der Waals surface area contributed by atoms with Crippen LogP contribution in [0.4, 0.5) is 4.79 Å². The summed E-state index contributed by atoms with van der Waals surface area (Å²) >= 11 is 1.90. The van der Waals surface area contributed by atoms with Gasteiger partial charge in [-0.05, 0) is 19.3 Å². The predicted molar refractivity (Wildman–Crippen MR) is 91.3 cm³/mol. The number of aliphatic carboxylic acids is 1. The number of Topliss-reactive ketones (excluding diaryl/α,β-unsaturated/α-hetero) is 1. The van der Waals surface area contributed by atoms with Gasteiger partial charge in [-0.25, -0.2) is 4.79 Å². The molecular formula is C16H26N2O5S. The monoisotopic (exact) mass is 358 g/mol. The number of carbonyl (C=O) groups is 3. The number of hydrogen-bond donors (Lipinski definition) is 3. The third-order valence-electron chi connectivity index (χ3n) is 4.34. The minimum Gasteiger partial charge on any atom is -0.481 e. The summed E-state index contributed by atoms with van der Waals surface area (Å²) in [5.41, 5.74) is 0. The third kappa shape index (κ3) is 6.32. The predicted octanol–water partition coefficient (Wildman–Crippen LogP) is 1.55. The van der Waals surface area contributed by atoms with Crippen molar-refractivity contribution in [2.45, 2.75) is 62.3 Å². The van der Waals surface area contributed by atoms with Crippen LogP contribution >= 0.6 is 11.8 Å². The highest BCUT2D eigenvalue weighted by molar-refractivity contribution is 8.00. The van der Waals surface area contributed by atoms with E-state index in [9.17, 15) is 14.4 Å². The number of hydrogen-bond acceptors (Lipinski definition) is 5. The molecule has 0 aromatic rings. The fourth-order valence-electron chi connectivity index (χ4n) is 3.07. The van der Waals surface area contributed by atoms with E-state index in [1.807, 2.05) is 11.8 Å². The van der Waals surface area contributed by atoms with Crippen molar-refractivity contribution in [3.05, 3.63) is 0 Å². The van der Waals surface area contributed by atoms with Gasteiger partial charge in [0.25, 0.3) is 0 Å². The Bertz CT molecular complexity index is 460. The van der Waals surface area contributed by atoms with Gasteiger partial charge in [-0.15, -0.1) is 0 Å². The van der Waals surface area contributed by atoms with Crippen LogP contribution in [0.5, 0.6) is 0 Å². The van der Waals surface area contributed by atoms with Gasteiger partial charge in [-0.2, -0.15) is 11.8 Å². The fourth-order valence-corrected chi connectivity index (χ4v) is 4.61. The summed E-state index contributed by atoms with van der Waals surface area (Å²) in [6.45, 7) is 0.642. The number of fused-ring (bicyclic) bond motifs is 1. The SMILES string of the molecule is O=C(O)CCOCCCC(=O)CCCC[C@@H]1SC[C@@H]2NC(=O)N[C@@H]21. The number of ketones is 1. The molecule has 0 unspecified atom stereocenters. The molecule has 0 aromatic carbocycles. The van der Waals surface area contributed by atoms with Crippen LogP contribution in [0.1, 0.15) is 44.9 Å². The molecular weight excluding hydrogens is 332 g/mol. The van der Waals surface area contributed by atoms with Crippen molar-refractivity contribution >= 4 is 29.5 Å². The Kier molecular flexibility index (Phi) is 7.84. The third-order valence-corrected chi connectivity index (χ3v) is 5.85. The lowest BCUT2D eigenvalue weighted by Gasteiger charge is -2.16. The highest BCUT2D eigenvalue weighted by Crippen LogP contribution is 2.33. The van der Waals surface area contributed by atoms with Crippen LogP contribution in [0.2, 0.25) is 0 Å². The summed E-state index contributed by atoms with van der Waals surface area (Å²) in [6.07, 6.45) is 4.65. The second-order valence-corrected chi connectivity index (χ2v) is 7.54. The zero-order valence-electron chi connectivity index (χ0n) is 13.8. The van der Waals surface area contributed by atoms with E-state index in [0.29, 0.717) is 31.1 Å². The molecule has 2 amide bonds. The first-order valence-corrected chi connectivity index (χ1v) is 9.61. The van der Waals surface area contributed by atoms with Gasteiger partial charge in [-0.3, -0.25) is 9.59 Å². The van der Waals surface area contributed by atoms with Crippen LogP contribution in [-0.2, 0) is 14.3 Å². The molecule has 2 fully saturated rings. The number of carbonyl (C=O) groups excluding carboxylic acids is 2. The average molecular weight is 358 g/mol. The summed E-state index contributed by atoms with van der Waals surface area (Å²) in [5, 5.41) is 14.8. The molecule has 7 nitrogen and oxygen atoms in total. The molecule has 2 saturated heterocycles. The number of nitrogens with one attached hydrogen (secondary N) is 2. The summed E-state index contributed by atoms with van der Waals surface area (Å²) < 4.78 is 5.16. The number of urea groups is 1. The molecule has 3 N–H and O–H groups in total.